The Balaban J connectivity index is 1.85. The molecule has 0 aromatic heterocycles. The second kappa shape index (κ2) is 6.80. The lowest BCUT2D eigenvalue weighted by atomic mass is 10.0. The van der Waals surface area contributed by atoms with Gasteiger partial charge in [0.05, 0.1) is 18.2 Å². The van der Waals surface area contributed by atoms with Crippen LogP contribution in [0.3, 0.4) is 0 Å². The van der Waals surface area contributed by atoms with Crippen molar-refractivity contribution in [3.05, 3.63) is 29.8 Å². The average Bonchev–Trinajstić information content (AvgIpc) is 2.48. The number of anilines is 1. The van der Waals surface area contributed by atoms with E-state index >= 15 is 0 Å². The Kier molecular flexibility index (Phi) is 4.83. The molecule has 1 amide bonds. The van der Waals surface area contributed by atoms with Gasteiger partial charge >= 0.3 is 6.09 Å². The summed E-state index contributed by atoms with van der Waals surface area (Å²) in [4.78, 5) is 13.3. The lowest BCUT2D eigenvalue weighted by Gasteiger charge is -2.32. The molecular formula is C15H19N3O2. The third-order valence-electron chi connectivity index (χ3n) is 3.38. The predicted molar refractivity (Wildman–Crippen MR) is 76.4 cm³/mol. The molecule has 1 heterocycles. The number of nitrogens with one attached hydrogen (secondary N) is 1. The van der Waals surface area contributed by atoms with Crippen molar-refractivity contribution in [2.45, 2.75) is 25.8 Å². The molecule has 0 unspecified atom stereocenters. The molecule has 1 aliphatic rings. The third kappa shape index (κ3) is 3.64. The van der Waals surface area contributed by atoms with Crippen molar-refractivity contribution in [1.82, 2.24) is 4.90 Å². The fraction of sp³-hybridized carbons (Fsp3) is 0.467. The van der Waals surface area contributed by atoms with Crippen LogP contribution in [0.2, 0.25) is 0 Å². The largest absolute Gasteiger partial charge is 0.450 e. The molecule has 1 aromatic carbocycles. The maximum absolute atomic E-state index is 11.6. The molecule has 5 heteroatoms. The van der Waals surface area contributed by atoms with Gasteiger partial charge in [-0.1, -0.05) is 6.07 Å². The summed E-state index contributed by atoms with van der Waals surface area (Å²) in [6.07, 6.45) is 1.54. The van der Waals surface area contributed by atoms with Gasteiger partial charge in [-0.2, -0.15) is 5.26 Å². The molecule has 0 aliphatic carbocycles. The number of nitriles is 1. The van der Waals surface area contributed by atoms with Crippen LogP contribution in [0.4, 0.5) is 10.5 Å². The minimum Gasteiger partial charge on any atom is -0.450 e. The van der Waals surface area contributed by atoms with E-state index in [1.165, 1.54) is 0 Å². The van der Waals surface area contributed by atoms with Crippen molar-refractivity contribution < 1.29 is 9.53 Å². The number of hydrogen-bond acceptors (Lipinski definition) is 4. The third-order valence-corrected chi connectivity index (χ3v) is 3.38. The maximum atomic E-state index is 11.6. The van der Waals surface area contributed by atoms with Crippen LogP contribution in [0.25, 0.3) is 0 Å². The Morgan fingerprint density at radius 2 is 2.25 bits per heavy atom. The molecular weight excluding hydrogens is 254 g/mol. The molecule has 5 nitrogen and oxygen atoms in total. The molecule has 2 rings (SSSR count). The first-order chi connectivity index (χ1) is 9.72. The summed E-state index contributed by atoms with van der Waals surface area (Å²) in [5, 5.41) is 12.3. The van der Waals surface area contributed by atoms with E-state index in [4.69, 9.17) is 10.00 Å². The smallest absolute Gasteiger partial charge is 0.409 e. The Bertz CT molecular complexity index is 502. The van der Waals surface area contributed by atoms with Crippen molar-refractivity contribution in [3.63, 3.8) is 0 Å². The van der Waals surface area contributed by atoms with Crippen LogP contribution in [0, 0.1) is 11.3 Å². The van der Waals surface area contributed by atoms with Gasteiger partial charge in [0, 0.05) is 24.8 Å². The normalized spacial score (nSPS) is 15.5. The minimum absolute atomic E-state index is 0.225. The number of amides is 1. The van der Waals surface area contributed by atoms with Crippen LogP contribution in [0.5, 0.6) is 0 Å². The van der Waals surface area contributed by atoms with E-state index in [0.29, 0.717) is 31.3 Å². The highest BCUT2D eigenvalue weighted by atomic mass is 16.6. The number of benzene rings is 1. The molecule has 0 bridgehead atoms. The van der Waals surface area contributed by atoms with Crippen molar-refractivity contribution in [1.29, 1.82) is 5.26 Å². The molecule has 0 atom stereocenters. The molecule has 1 saturated heterocycles. The molecule has 0 radical (unpaired) electrons. The zero-order chi connectivity index (χ0) is 14.4. The predicted octanol–water partition coefficient (Wildman–Crippen LogP) is 2.59. The summed E-state index contributed by atoms with van der Waals surface area (Å²) in [5.74, 6) is 0. The number of rotatable bonds is 3. The summed E-state index contributed by atoms with van der Waals surface area (Å²) in [7, 11) is 0. The average molecular weight is 273 g/mol. The highest BCUT2D eigenvalue weighted by molar-refractivity contribution is 5.67. The molecule has 0 spiro atoms. The van der Waals surface area contributed by atoms with Gasteiger partial charge in [-0.25, -0.2) is 4.79 Å². The second-order valence-electron chi connectivity index (χ2n) is 4.80. The van der Waals surface area contributed by atoms with E-state index in [1.807, 2.05) is 25.1 Å². The summed E-state index contributed by atoms with van der Waals surface area (Å²) in [6.45, 7) is 3.63. The van der Waals surface area contributed by atoms with E-state index in [2.05, 4.69) is 11.4 Å². The number of carbonyl (C=O) groups is 1. The highest BCUT2D eigenvalue weighted by Gasteiger charge is 2.23. The van der Waals surface area contributed by atoms with Crippen molar-refractivity contribution >= 4 is 11.8 Å². The number of ether oxygens (including phenoxy) is 1. The molecule has 1 N–H and O–H groups in total. The van der Waals surface area contributed by atoms with Crippen LogP contribution >= 0.6 is 0 Å². The van der Waals surface area contributed by atoms with Gasteiger partial charge in [0.15, 0.2) is 0 Å². The minimum atomic E-state index is -0.225. The molecule has 106 valence electrons. The van der Waals surface area contributed by atoms with Gasteiger partial charge in [-0.05, 0) is 38.0 Å². The number of likely N-dealkylation sites (tertiary alicyclic amines) is 1. The fourth-order valence-corrected chi connectivity index (χ4v) is 2.34. The van der Waals surface area contributed by atoms with Gasteiger partial charge in [0.1, 0.15) is 0 Å². The van der Waals surface area contributed by atoms with Crippen LogP contribution in [-0.2, 0) is 4.74 Å². The summed E-state index contributed by atoms with van der Waals surface area (Å²) in [5.41, 5.74) is 1.61. The number of piperidine rings is 1. The van der Waals surface area contributed by atoms with Gasteiger partial charge in [0.2, 0.25) is 0 Å². The summed E-state index contributed by atoms with van der Waals surface area (Å²) in [6, 6.07) is 9.92. The fourth-order valence-electron chi connectivity index (χ4n) is 2.34. The highest BCUT2D eigenvalue weighted by Crippen LogP contribution is 2.18. The summed E-state index contributed by atoms with van der Waals surface area (Å²) < 4.78 is 5.00. The van der Waals surface area contributed by atoms with Crippen LogP contribution in [-0.4, -0.2) is 36.7 Å². The van der Waals surface area contributed by atoms with E-state index in [9.17, 15) is 4.79 Å². The Hall–Kier alpha value is -2.22. The standard InChI is InChI=1S/C15H19N3O2/c1-2-20-15(19)18-8-6-13(7-9-18)17-14-5-3-4-12(10-14)11-16/h3-5,10,13,17H,2,6-9H2,1H3. The first-order valence-corrected chi connectivity index (χ1v) is 6.91. The first kappa shape index (κ1) is 14.2. The van der Waals surface area contributed by atoms with Crippen molar-refractivity contribution in [2.75, 3.05) is 25.0 Å². The van der Waals surface area contributed by atoms with E-state index in [1.54, 1.807) is 11.0 Å². The number of carbonyl (C=O) groups excluding carboxylic acids is 1. The number of hydrogen-bond donors (Lipinski definition) is 1. The number of nitrogens with zero attached hydrogens (tertiary/aromatic N) is 2. The molecule has 1 aliphatic heterocycles. The van der Waals surface area contributed by atoms with Crippen LogP contribution < -0.4 is 5.32 Å². The van der Waals surface area contributed by atoms with Gasteiger partial charge in [-0.15, -0.1) is 0 Å². The quantitative estimate of drug-likeness (QED) is 0.919. The zero-order valence-electron chi connectivity index (χ0n) is 11.6. The van der Waals surface area contributed by atoms with Crippen LogP contribution in [0.15, 0.2) is 24.3 Å². The van der Waals surface area contributed by atoms with Gasteiger partial charge in [-0.3, -0.25) is 0 Å². The molecule has 1 aromatic rings. The second-order valence-corrected chi connectivity index (χ2v) is 4.80. The first-order valence-electron chi connectivity index (χ1n) is 6.91. The van der Waals surface area contributed by atoms with E-state index < -0.39 is 0 Å². The molecule has 1 fully saturated rings. The zero-order valence-corrected chi connectivity index (χ0v) is 11.6. The molecule has 0 saturated carbocycles. The lowest BCUT2D eigenvalue weighted by Crippen LogP contribution is -2.42. The Morgan fingerprint density at radius 3 is 2.90 bits per heavy atom. The van der Waals surface area contributed by atoms with E-state index in [0.717, 1.165) is 18.5 Å². The van der Waals surface area contributed by atoms with E-state index in [-0.39, 0.29) is 6.09 Å². The van der Waals surface area contributed by atoms with Gasteiger partial charge < -0.3 is 15.0 Å². The Labute approximate surface area is 119 Å². The monoisotopic (exact) mass is 273 g/mol. The Morgan fingerprint density at radius 1 is 1.50 bits per heavy atom. The summed E-state index contributed by atoms with van der Waals surface area (Å²) >= 11 is 0. The topological polar surface area (TPSA) is 65.4 Å². The lowest BCUT2D eigenvalue weighted by molar-refractivity contribution is 0.0983. The molecule has 20 heavy (non-hydrogen) atoms. The van der Waals surface area contributed by atoms with Crippen molar-refractivity contribution in [2.24, 2.45) is 0 Å². The maximum Gasteiger partial charge on any atom is 0.409 e. The van der Waals surface area contributed by atoms with Crippen molar-refractivity contribution in [3.8, 4) is 6.07 Å². The SMILES string of the molecule is CCOC(=O)N1CCC(Nc2cccc(C#N)c2)CC1. The van der Waals surface area contributed by atoms with Gasteiger partial charge in [0.25, 0.3) is 0 Å². The van der Waals surface area contributed by atoms with Crippen LogP contribution in [0.1, 0.15) is 25.3 Å².